The van der Waals surface area contributed by atoms with Gasteiger partial charge < -0.3 is 5.32 Å². The lowest BCUT2D eigenvalue weighted by Crippen LogP contribution is -2.41. The van der Waals surface area contributed by atoms with Crippen LogP contribution in [0, 0.1) is 11.7 Å². The summed E-state index contributed by atoms with van der Waals surface area (Å²) in [6.45, 7) is 0.492. The fraction of sp³-hybridized carbons (Fsp3) is 0.227. The van der Waals surface area contributed by atoms with E-state index in [0.29, 0.717) is 17.3 Å². The van der Waals surface area contributed by atoms with Crippen LogP contribution < -0.4 is 5.32 Å². The van der Waals surface area contributed by atoms with E-state index < -0.39 is 15.8 Å². The van der Waals surface area contributed by atoms with E-state index in [4.69, 9.17) is 0 Å². The number of anilines is 1. The highest BCUT2D eigenvalue weighted by Crippen LogP contribution is 2.27. The molecule has 1 fully saturated rings. The molecule has 3 aromatic carbocycles. The maximum absolute atomic E-state index is 14.0. The van der Waals surface area contributed by atoms with Crippen molar-refractivity contribution >= 4 is 48.3 Å². The molecule has 8 heteroatoms. The minimum atomic E-state index is -3.64. The van der Waals surface area contributed by atoms with Crippen molar-refractivity contribution in [1.82, 2.24) is 4.31 Å². The summed E-state index contributed by atoms with van der Waals surface area (Å²) in [4.78, 5) is 12.8. The molecule has 5 nitrogen and oxygen atoms in total. The second-order valence-electron chi connectivity index (χ2n) is 7.30. The predicted octanol–water partition coefficient (Wildman–Crippen LogP) is 4.78. The molecule has 1 heterocycles. The van der Waals surface area contributed by atoms with Gasteiger partial charge in [-0.1, -0.05) is 46.3 Å². The van der Waals surface area contributed by atoms with E-state index in [-0.39, 0.29) is 35.5 Å². The first-order chi connectivity index (χ1) is 14.3. The molecule has 30 heavy (non-hydrogen) atoms. The van der Waals surface area contributed by atoms with Crippen molar-refractivity contribution in [2.45, 2.75) is 17.7 Å². The normalized spacial score (nSPS) is 15.9. The smallest absolute Gasteiger partial charge is 0.243 e. The van der Waals surface area contributed by atoms with Crippen LogP contribution in [0.4, 0.5) is 10.1 Å². The maximum Gasteiger partial charge on any atom is 0.243 e. The van der Waals surface area contributed by atoms with Crippen molar-refractivity contribution in [3.8, 4) is 0 Å². The fourth-order valence-corrected chi connectivity index (χ4v) is 5.50. The van der Waals surface area contributed by atoms with Crippen LogP contribution in [0.1, 0.15) is 12.8 Å². The van der Waals surface area contributed by atoms with E-state index in [9.17, 15) is 17.6 Å². The average molecular weight is 491 g/mol. The van der Waals surface area contributed by atoms with Crippen molar-refractivity contribution in [2.24, 2.45) is 5.92 Å². The van der Waals surface area contributed by atoms with Crippen molar-refractivity contribution < 1.29 is 17.6 Å². The van der Waals surface area contributed by atoms with Gasteiger partial charge in [0.25, 0.3) is 0 Å². The number of nitrogens with one attached hydrogen (secondary N) is 1. The predicted molar refractivity (Wildman–Crippen MR) is 118 cm³/mol. The molecule has 1 N–H and O–H groups in total. The number of sulfonamides is 1. The highest BCUT2D eigenvalue weighted by molar-refractivity contribution is 9.10. The molecule has 1 amide bonds. The molecule has 1 saturated heterocycles. The van der Waals surface area contributed by atoms with Crippen LogP contribution in [0.15, 0.2) is 70.0 Å². The second-order valence-corrected chi connectivity index (χ2v) is 10.2. The molecule has 0 aliphatic carbocycles. The summed E-state index contributed by atoms with van der Waals surface area (Å²) in [6, 6.07) is 17.1. The monoisotopic (exact) mass is 490 g/mol. The Kier molecular flexibility index (Phi) is 5.90. The van der Waals surface area contributed by atoms with Gasteiger partial charge in [0.2, 0.25) is 15.9 Å². The fourth-order valence-electron chi connectivity index (χ4n) is 3.66. The lowest BCUT2D eigenvalue weighted by molar-refractivity contribution is -0.120. The molecule has 1 aliphatic rings. The van der Waals surface area contributed by atoms with Crippen molar-refractivity contribution in [2.75, 3.05) is 18.4 Å². The Hall–Kier alpha value is -2.29. The molecule has 0 aromatic heterocycles. The molecular formula is C22H20BrFN2O3S. The lowest BCUT2D eigenvalue weighted by Gasteiger charge is -2.30. The number of amides is 1. The molecular weight excluding hydrogens is 471 g/mol. The van der Waals surface area contributed by atoms with Crippen LogP contribution in [-0.4, -0.2) is 31.7 Å². The standard InChI is InChI=1S/C22H20BrFN2O3S/c23-18-6-8-21(20(24)14-18)25-22(27)16-9-11-26(12-10-16)30(28,29)19-7-5-15-3-1-2-4-17(15)13-19/h1-8,13-14,16H,9-12H2,(H,25,27). The van der Waals surface area contributed by atoms with Gasteiger partial charge in [0.15, 0.2) is 0 Å². The molecule has 0 radical (unpaired) electrons. The molecule has 3 aromatic rings. The maximum atomic E-state index is 14.0. The van der Waals surface area contributed by atoms with Gasteiger partial charge in [-0.3, -0.25) is 4.79 Å². The van der Waals surface area contributed by atoms with Gasteiger partial charge >= 0.3 is 0 Å². The quantitative estimate of drug-likeness (QED) is 0.572. The first-order valence-electron chi connectivity index (χ1n) is 9.59. The van der Waals surface area contributed by atoms with E-state index in [1.54, 1.807) is 24.3 Å². The SMILES string of the molecule is O=C(Nc1ccc(Br)cc1F)C1CCN(S(=O)(=O)c2ccc3ccccc3c2)CC1. The van der Waals surface area contributed by atoms with E-state index in [1.165, 1.54) is 16.4 Å². The Bertz CT molecular complexity index is 1210. The molecule has 156 valence electrons. The summed E-state index contributed by atoms with van der Waals surface area (Å²) in [6.07, 6.45) is 0.771. The van der Waals surface area contributed by atoms with E-state index in [0.717, 1.165) is 10.8 Å². The minimum absolute atomic E-state index is 0.120. The Morgan fingerprint density at radius 3 is 2.40 bits per heavy atom. The highest BCUT2D eigenvalue weighted by atomic mass is 79.9. The third kappa shape index (κ3) is 4.26. The minimum Gasteiger partial charge on any atom is -0.323 e. The van der Waals surface area contributed by atoms with Gasteiger partial charge in [0.1, 0.15) is 5.82 Å². The Morgan fingerprint density at radius 1 is 1.00 bits per heavy atom. The van der Waals surface area contributed by atoms with Gasteiger partial charge in [-0.2, -0.15) is 4.31 Å². The number of hydrogen-bond donors (Lipinski definition) is 1. The van der Waals surface area contributed by atoms with Crippen LogP contribution in [0.2, 0.25) is 0 Å². The van der Waals surface area contributed by atoms with Crippen molar-refractivity contribution in [3.05, 3.63) is 71.0 Å². The van der Waals surface area contributed by atoms with Gasteiger partial charge in [-0.05, 0) is 53.9 Å². The summed E-state index contributed by atoms with van der Waals surface area (Å²) >= 11 is 3.18. The number of carbonyl (C=O) groups is 1. The molecule has 0 saturated carbocycles. The Labute approximate surface area is 183 Å². The Balaban J connectivity index is 1.43. The van der Waals surface area contributed by atoms with Crippen LogP contribution in [-0.2, 0) is 14.8 Å². The highest BCUT2D eigenvalue weighted by Gasteiger charge is 2.32. The molecule has 1 aliphatic heterocycles. The number of benzene rings is 3. The summed E-state index contributed by atoms with van der Waals surface area (Å²) in [7, 11) is -3.64. The van der Waals surface area contributed by atoms with E-state index in [2.05, 4.69) is 21.2 Å². The summed E-state index contributed by atoms with van der Waals surface area (Å²) < 4.78 is 42.1. The number of rotatable bonds is 4. The number of carbonyl (C=O) groups excluding carboxylic acids is 1. The van der Waals surface area contributed by atoms with Crippen molar-refractivity contribution in [1.29, 1.82) is 0 Å². The third-order valence-electron chi connectivity index (χ3n) is 5.37. The number of nitrogens with zero attached hydrogens (tertiary/aromatic N) is 1. The molecule has 0 unspecified atom stereocenters. The molecule has 0 spiro atoms. The first kappa shape index (κ1) is 21.0. The lowest BCUT2D eigenvalue weighted by atomic mass is 9.97. The van der Waals surface area contributed by atoms with Gasteiger partial charge in [0.05, 0.1) is 10.6 Å². The molecule has 4 rings (SSSR count). The third-order valence-corrected chi connectivity index (χ3v) is 7.76. The van der Waals surface area contributed by atoms with Crippen LogP contribution in [0.5, 0.6) is 0 Å². The van der Waals surface area contributed by atoms with Gasteiger partial charge in [-0.25, -0.2) is 12.8 Å². The average Bonchev–Trinajstić information content (AvgIpc) is 2.75. The zero-order chi connectivity index (χ0) is 21.3. The molecule has 0 atom stereocenters. The van der Waals surface area contributed by atoms with Gasteiger partial charge in [-0.15, -0.1) is 0 Å². The summed E-state index contributed by atoms with van der Waals surface area (Å²) in [5.41, 5.74) is 0.120. The number of fused-ring (bicyclic) bond motifs is 1. The van der Waals surface area contributed by atoms with Crippen LogP contribution in [0.25, 0.3) is 10.8 Å². The van der Waals surface area contributed by atoms with E-state index in [1.807, 2.05) is 24.3 Å². The number of halogens is 2. The van der Waals surface area contributed by atoms with Crippen LogP contribution >= 0.6 is 15.9 Å². The van der Waals surface area contributed by atoms with Gasteiger partial charge in [0, 0.05) is 23.5 Å². The summed E-state index contributed by atoms with van der Waals surface area (Å²) in [5.74, 6) is -1.18. The van der Waals surface area contributed by atoms with Crippen LogP contribution in [0.3, 0.4) is 0 Å². The zero-order valence-electron chi connectivity index (χ0n) is 16.0. The largest absolute Gasteiger partial charge is 0.323 e. The molecule has 0 bridgehead atoms. The Morgan fingerprint density at radius 2 is 1.70 bits per heavy atom. The van der Waals surface area contributed by atoms with E-state index >= 15 is 0 Å². The topological polar surface area (TPSA) is 66.5 Å². The first-order valence-corrected chi connectivity index (χ1v) is 11.8. The number of piperidine rings is 1. The van der Waals surface area contributed by atoms with Crippen molar-refractivity contribution in [3.63, 3.8) is 0 Å². The zero-order valence-corrected chi connectivity index (χ0v) is 18.4. The summed E-state index contributed by atoms with van der Waals surface area (Å²) in [5, 5.41) is 4.45. The second kappa shape index (κ2) is 8.45. The number of hydrogen-bond acceptors (Lipinski definition) is 3.